The number of rotatable bonds is 8. The zero-order valence-electron chi connectivity index (χ0n) is 17.5. The molecule has 0 spiro atoms. The summed E-state index contributed by atoms with van der Waals surface area (Å²) in [6.45, 7) is 4.05. The number of urea groups is 1. The van der Waals surface area contributed by atoms with Crippen molar-refractivity contribution in [2.24, 2.45) is 0 Å². The van der Waals surface area contributed by atoms with Crippen molar-refractivity contribution in [1.29, 1.82) is 0 Å². The molecule has 158 valence electrons. The second-order valence-electron chi connectivity index (χ2n) is 7.35. The number of amides is 2. The largest absolute Gasteiger partial charge is 0.497 e. The number of anilines is 1. The monoisotopic (exact) mass is 408 g/mol. The van der Waals surface area contributed by atoms with Gasteiger partial charge in [-0.05, 0) is 37.4 Å². The third kappa shape index (κ3) is 5.42. The van der Waals surface area contributed by atoms with Crippen molar-refractivity contribution >= 4 is 22.5 Å². The average Bonchev–Trinajstić information content (AvgIpc) is 2.75. The molecule has 2 N–H and O–H groups in total. The lowest BCUT2D eigenvalue weighted by atomic mass is 10.1. The number of nitrogens with zero attached hydrogens (tertiary/aromatic N) is 1. The van der Waals surface area contributed by atoms with Crippen molar-refractivity contribution < 1.29 is 19.4 Å². The molecule has 2 amide bonds. The molecular weight excluding hydrogens is 380 g/mol. The van der Waals surface area contributed by atoms with Gasteiger partial charge in [-0.3, -0.25) is 0 Å². The molecule has 0 bridgehead atoms. The molecule has 0 aliphatic heterocycles. The summed E-state index contributed by atoms with van der Waals surface area (Å²) in [4.78, 5) is 14.3. The Hall–Kier alpha value is -3.25. The molecule has 3 rings (SSSR count). The fourth-order valence-electron chi connectivity index (χ4n) is 3.21. The van der Waals surface area contributed by atoms with Crippen LogP contribution >= 0.6 is 0 Å². The van der Waals surface area contributed by atoms with Crippen molar-refractivity contribution in [1.82, 2.24) is 4.90 Å². The molecule has 0 aliphatic carbocycles. The first kappa shape index (κ1) is 21.5. The first-order chi connectivity index (χ1) is 14.5. The molecule has 1 unspecified atom stereocenters. The maximum absolute atomic E-state index is 12.8. The highest BCUT2D eigenvalue weighted by Crippen LogP contribution is 2.25. The van der Waals surface area contributed by atoms with E-state index in [1.807, 2.05) is 62.4 Å². The van der Waals surface area contributed by atoms with Crippen LogP contribution in [0.5, 0.6) is 11.5 Å². The second-order valence-corrected chi connectivity index (χ2v) is 7.35. The number of carbonyl (C=O) groups is 1. The van der Waals surface area contributed by atoms with Crippen molar-refractivity contribution in [2.45, 2.75) is 26.0 Å². The number of nitrogens with one attached hydrogen (secondary N) is 1. The van der Waals surface area contributed by atoms with Crippen LogP contribution in [0.2, 0.25) is 0 Å². The molecule has 3 aromatic carbocycles. The Morgan fingerprint density at radius 2 is 1.80 bits per heavy atom. The molecule has 1 atom stereocenters. The number of hydrogen-bond donors (Lipinski definition) is 2. The number of benzene rings is 3. The van der Waals surface area contributed by atoms with Gasteiger partial charge in [0.1, 0.15) is 24.2 Å². The summed E-state index contributed by atoms with van der Waals surface area (Å²) in [5.41, 5.74) is 0.631. The van der Waals surface area contributed by atoms with E-state index in [9.17, 15) is 9.90 Å². The highest BCUT2D eigenvalue weighted by molar-refractivity contribution is 5.90. The molecule has 0 saturated carbocycles. The minimum atomic E-state index is -0.831. The van der Waals surface area contributed by atoms with Crippen LogP contribution in [0.3, 0.4) is 0 Å². The van der Waals surface area contributed by atoms with E-state index in [1.165, 1.54) is 0 Å². The van der Waals surface area contributed by atoms with Gasteiger partial charge < -0.3 is 24.8 Å². The molecule has 0 aliphatic rings. The number of fused-ring (bicyclic) bond motifs is 1. The molecular formula is C24H28N2O4. The van der Waals surface area contributed by atoms with Gasteiger partial charge >= 0.3 is 6.03 Å². The summed E-state index contributed by atoms with van der Waals surface area (Å²) in [7, 11) is 1.58. The fraction of sp³-hybridized carbons (Fsp3) is 0.292. The molecule has 0 aromatic heterocycles. The van der Waals surface area contributed by atoms with E-state index in [0.717, 1.165) is 10.8 Å². The maximum Gasteiger partial charge on any atom is 0.322 e. The topological polar surface area (TPSA) is 71.0 Å². The van der Waals surface area contributed by atoms with Crippen LogP contribution in [0, 0.1) is 0 Å². The third-order valence-corrected chi connectivity index (χ3v) is 4.79. The molecule has 0 heterocycles. The van der Waals surface area contributed by atoms with Crippen LogP contribution in [0.1, 0.15) is 13.8 Å². The van der Waals surface area contributed by atoms with Crippen LogP contribution < -0.4 is 14.8 Å². The zero-order valence-corrected chi connectivity index (χ0v) is 17.5. The molecule has 0 fully saturated rings. The summed E-state index contributed by atoms with van der Waals surface area (Å²) in [6.07, 6.45) is -0.831. The Morgan fingerprint density at radius 3 is 2.57 bits per heavy atom. The summed E-state index contributed by atoms with van der Waals surface area (Å²) in [5.74, 6) is 1.37. The molecule has 0 saturated heterocycles. The first-order valence-electron chi connectivity index (χ1n) is 9.98. The van der Waals surface area contributed by atoms with E-state index in [2.05, 4.69) is 5.32 Å². The standard InChI is InChI=1S/C24H28N2O4/c1-17(2)26(24(28)25-19-10-7-11-21(14-19)29-3)15-20(27)16-30-23-13-6-9-18-8-4-5-12-22(18)23/h4-14,17,20,27H,15-16H2,1-3H3,(H,25,28). The Bertz CT molecular complexity index is 984. The van der Waals surface area contributed by atoms with Gasteiger partial charge in [-0.25, -0.2) is 4.79 Å². The number of methoxy groups -OCH3 is 1. The van der Waals surface area contributed by atoms with Gasteiger partial charge in [0.15, 0.2) is 0 Å². The summed E-state index contributed by atoms with van der Waals surface area (Å²) in [5, 5.41) is 15.5. The third-order valence-electron chi connectivity index (χ3n) is 4.79. The highest BCUT2D eigenvalue weighted by Gasteiger charge is 2.21. The minimum Gasteiger partial charge on any atom is -0.497 e. The van der Waals surface area contributed by atoms with E-state index < -0.39 is 6.10 Å². The lowest BCUT2D eigenvalue weighted by molar-refractivity contribution is 0.0722. The number of hydrogen-bond acceptors (Lipinski definition) is 4. The predicted molar refractivity (Wildman–Crippen MR) is 119 cm³/mol. The lowest BCUT2D eigenvalue weighted by Crippen LogP contribution is -2.45. The molecule has 6 nitrogen and oxygen atoms in total. The van der Waals surface area contributed by atoms with Crippen LogP contribution in [-0.4, -0.2) is 48.4 Å². The highest BCUT2D eigenvalue weighted by atomic mass is 16.5. The molecule has 30 heavy (non-hydrogen) atoms. The van der Waals surface area contributed by atoms with Gasteiger partial charge in [0, 0.05) is 23.2 Å². The maximum atomic E-state index is 12.8. The van der Waals surface area contributed by atoms with Gasteiger partial charge in [0.05, 0.1) is 13.7 Å². The van der Waals surface area contributed by atoms with E-state index in [-0.39, 0.29) is 25.2 Å². The summed E-state index contributed by atoms with van der Waals surface area (Å²) < 4.78 is 11.1. The summed E-state index contributed by atoms with van der Waals surface area (Å²) >= 11 is 0. The van der Waals surface area contributed by atoms with Gasteiger partial charge in [0.2, 0.25) is 0 Å². The number of aliphatic hydroxyl groups is 1. The zero-order chi connectivity index (χ0) is 21.5. The summed E-state index contributed by atoms with van der Waals surface area (Å²) in [6, 6.07) is 20.5. The first-order valence-corrected chi connectivity index (χ1v) is 9.98. The van der Waals surface area contributed by atoms with Crippen molar-refractivity contribution in [3.8, 4) is 11.5 Å². The Labute approximate surface area is 177 Å². The van der Waals surface area contributed by atoms with E-state index in [4.69, 9.17) is 9.47 Å². The Morgan fingerprint density at radius 1 is 1.07 bits per heavy atom. The van der Waals surface area contributed by atoms with Gasteiger partial charge in [-0.2, -0.15) is 0 Å². The molecule has 3 aromatic rings. The normalized spacial score (nSPS) is 11.9. The SMILES string of the molecule is COc1cccc(NC(=O)N(CC(O)COc2cccc3ccccc23)C(C)C)c1. The average molecular weight is 408 g/mol. The molecule has 0 radical (unpaired) electrons. The number of carbonyl (C=O) groups excluding carboxylic acids is 1. The second kappa shape index (κ2) is 9.98. The van der Waals surface area contributed by atoms with Crippen LogP contribution in [0.25, 0.3) is 10.8 Å². The van der Waals surface area contributed by atoms with Gasteiger partial charge in [-0.15, -0.1) is 0 Å². The number of ether oxygens (including phenoxy) is 2. The quantitative estimate of drug-likeness (QED) is 0.574. The lowest BCUT2D eigenvalue weighted by Gasteiger charge is -2.29. The Balaban J connectivity index is 1.61. The predicted octanol–water partition coefficient (Wildman–Crippen LogP) is 4.53. The molecule has 6 heteroatoms. The fourth-order valence-corrected chi connectivity index (χ4v) is 3.21. The van der Waals surface area contributed by atoms with Gasteiger partial charge in [-0.1, -0.05) is 42.5 Å². The van der Waals surface area contributed by atoms with E-state index >= 15 is 0 Å². The van der Waals surface area contributed by atoms with Crippen molar-refractivity contribution in [2.75, 3.05) is 25.6 Å². The van der Waals surface area contributed by atoms with Crippen molar-refractivity contribution in [3.63, 3.8) is 0 Å². The van der Waals surface area contributed by atoms with Crippen LogP contribution in [-0.2, 0) is 0 Å². The number of aliphatic hydroxyl groups excluding tert-OH is 1. The van der Waals surface area contributed by atoms with Crippen LogP contribution in [0.15, 0.2) is 66.7 Å². The van der Waals surface area contributed by atoms with E-state index in [0.29, 0.717) is 17.2 Å². The minimum absolute atomic E-state index is 0.0870. The van der Waals surface area contributed by atoms with Crippen molar-refractivity contribution in [3.05, 3.63) is 66.7 Å². The van der Waals surface area contributed by atoms with Gasteiger partial charge in [0.25, 0.3) is 0 Å². The van der Waals surface area contributed by atoms with Crippen LogP contribution in [0.4, 0.5) is 10.5 Å². The smallest absolute Gasteiger partial charge is 0.322 e. The Kier molecular flexibility index (Phi) is 7.14. The van der Waals surface area contributed by atoms with E-state index in [1.54, 1.807) is 30.2 Å².